The van der Waals surface area contributed by atoms with Crippen LogP contribution in [-0.4, -0.2) is 60.6 Å². The molecule has 1 rings (SSSR count). The zero-order valence-corrected chi connectivity index (χ0v) is 10.5. The van der Waals surface area contributed by atoms with Crippen LogP contribution in [0.1, 0.15) is 32.1 Å². The van der Waals surface area contributed by atoms with Gasteiger partial charge in [-0.15, -0.1) is 0 Å². The molecule has 1 saturated carbocycles. The Kier molecular flexibility index (Phi) is 5.77. The van der Waals surface area contributed by atoms with Gasteiger partial charge in [0.25, 0.3) is 0 Å². The average Bonchev–Trinajstić information content (AvgIpc) is 2.17. The monoisotopic (exact) mass is 228 g/mol. The van der Waals surface area contributed by atoms with E-state index in [4.69, 9.17) is 5.11 Å². The van der Waals surface area contributed by atoms with Crippen molar-refractivity contribution in [3.05, 3.63) is 0 Å². The molecule has 0 atom stereocenters. The predicted molar refractivity (Wildman–Crippen MR) is 64.2 cm³/mol. The molecule has 1 aliphatic rings. The first kappa shape index (κ1) is 13.5. The molecular formula is C12H24N2O2. The van der Waals surface area contributed by atoms with E-state index in [9.17, 15) is 4.79 Å². The first-order valence-corrected chi connectivity index (χ1v) is 6.20. The van der Waals surface area contributed by atoms with Gasteiger partial charge in [-0.2, -0.15) is 0 Å². The molecule has 4 heteroatoms. The highest BCUT2D eigenvalue weighted by Crippen LogP contribution is 2.25. The highest BCUT2D eigenvalue weighted by molar-refractivity contribution is 5.76. The fraction of sp³-hybridized carbons (Fsp3) is 0.917. The van der Waals surface area contributed by atoms with E-state index in [1.54, 1.807) is 0 Å². The van der Waals surface area contributed by atoms with E-state index in [0.29, 0.717) is 25.4 Å². The van der Waals surface area contributed by atoms with Gasteiger partial charge in [-0.1, -0.05) is 0 Å². The van der Waals surface area contributed by atoms with E-state index >= 15 is 0 Å². The van der Waals surface area contributed by atoms with Crippen molar-refractivity contribution in [3.8, 4) is 0 Å². The third-order valence-electron chi connectivity index (χ3n) is 3.17. The molecule has 0 radical (unpaired) electrons. The number of aliphatic hydroxyl groups excluding tert-OH is 1. The molecule has 94 valence electrons. The largest absolute Gasteiger partial charge is 0.396 e. The van der Waals surface area contributed by atoms with Crippen LogP contribution in [0.3, 0.4) is 0 Å². The molecule has 0 aromatic heterocycles. The molecule has 16 heavy (non-hydrogen) atoms. The summed E-state index contributed by atoms with van der Waals surface area (Å²) in [7, 11) is 3.96. The van der Waals surface area contributed by atoms with Crippen molar-refractivity contribution in [2.75, 3.05) is 33.8 Å². The molecule has 0 unspecified atom stereocenters. The quantitative estimate of drug-likeness (QED) is 0.697. The summed E-state index contributed by atoms with van der Waals surface area (Å²) in [6, 6.07) is 0.446. The van der Waals surface area contributed by atoms with Gasteiger partial charge < -0.3 is 14.9 Å². The molecule has 0 heterocycles. The van der Waals surface area contributed by atoms with Crippen LogP contribution in [0, 0.1) is 0 Å². The minimum absolute atomic E-state index is 0.171. The van der Waals surface area contributed by atoms with Crippen LogP contribution in [0.15, 0.2) is 0 Å². The summed E-state index contributed by atoms with van der Waals surface area (Å²) >= 11 is 0. The molecule has 4 nitrogen and oxygen atoms in total. The van der Waals surface area contributed by atoms with Crippen molar-refractivity contribution < 1.29 is 9.90 Å². The molecule has 0 aromatic rings. The van der Waals surface area contributed by atoms with Crippen molar-refractivity contribution in [2.45, 2.75) is 38.1 Å². The average molecular weight is 228 g/mol. The Hall–Kier alpha value is -0.610. The molecule has 0 spiro atoms. The number of aliphatic hydroxyl groups is 1. The standard InChI is InChI=1S/C12H24N2O2/c1-13(2)9-7-12(16)14(8-4-10-15)11-5-3-6-11/h11,15H,3-10H2,1-2H3. The van der Waals surface area contributed by atoms with Gasteiger partial charge in [0.05, 0.1) is 0 Å². The highest BCUT2D eigenvalue weighted by Gasteiger charge is 2.27. The van der Waals surface area contributed by atoms with Crippen molar-refractivity contribution in [3.63, 3.8) is 0 Å². The SMILES string of the molecule is CN(C)CCC(=O)N(CCCO)C1CCC1. The zero-order chi connectivity index (χ0) is 12.0. The van der Waals surface area contributed by atoms with E-state index in [2.05, 4.69) is 0 Å². The molecule has 1 N–H and O–H groups in total. The van der Waals surface area contributed by atoms with Gasteiger partial charge in [0.2, 0.25) is 5.91 Å². The van der Waals surface area contributed by atoms with E-state index in [1.165, 1.54) is 6.42 Å². The van der Waals surface area contributed by atoms with Crippen LogP contribution < -0.4 is 0 Å². The van der Waals surface area contributed by atoms with Crippen LogP contribution in [0.5, 0.6) is 0 Å². The Morgan fingerprint density at radius 2 is 2.00 bits per heavy atom. The highest BCUT2D eigenvalue weighted by atomic mass is 16.3. The maximum Gasteiger partial charge on any atom is 0.224 e. The number of carbonyl (C=O) groups excluding carboxylic acids is 1. The van der Waals surface area contributed by atoms with Gasteiger partial charge >= 0.3 is 0 Å². The van der Waals surface area contributed by atoms with Gasteiger partial charge in [0.15, 0.2) is 0 Å². The van der Waals surface area contributed by atoms with Crippen molar-refractivity contribution in [1.29, 1.82) is 0 Å². The molecule has 0 saturated heterocycles. The normalized spacial score (nSPS) is 16.2. The Labute approximate surface area is 98.2 Å². The lowest BCUT2D eigenvalue weighted by Crippen LogP contribution is -2.45. The second kappa shape index (κ2) is 6.86. The third kappa shape index (κ3) is 4.10. The fourth-order valence-electron chi connectivity index (χ4n) is 1.91. The second-order valence-electron chi connectivity index (χ2n) is 4.80. The lowest BCUT2D eigenvalue weighted by Gasteiger charge is -2.38. The molecular weight excluding hydrogens is 204 g/mol. The molecule has 0 aromatic carbocycles. The summed E-state index contributed by atoms with van der Waals surface area (Å²) in [5.74, 6) is 0.242. The molecule has 1 amide bonds. The topological polar surface area (TPSA) is 43.8 Å². The van der Waals surface area contributed by atoms with Crippen LogP contribution in [0.25, 0.3) is 0 Å². The zero-order valence-electron chi connectivity index (χ0n) is 10.5. The fourth-order valence-corrected chi connectivity index (χ4v) is 1.91. The van der Waals surface area contributed by atoms with Gasteiger partial charge in [-0.3, -0.25) is 4.79 Å². The van der Waals surface area contributed by atoms with Gasteiger partial charge in [-0.05, 0) is 39.8 Å². The summed E-state index contributed by atoms with van der Waals surface area (Å²) in [5, 5.41) is 8.84. The number of rotatable bonds is 7. The van der Waals surface area contributed by atoms with Gasteiger partial charge in [-0.25, -0.2) is 0 Å². The van der Waals surface area contributed by atoms with Gasteiger partial charge in [0, 0.05) is 32.2 Å². The maximum absolute atomic E-state index is 12.0. The van der Waals surface area contributed by atoms with Crippen LogP contribution in [-0.2, 0) is 4.79 Å². The lowest BCUT2D eigenvalue weighted by molar-refractivity contribution is -0.135. The van der Waals surface area contributed by atoms with Crippen molar-refractivity contribution >= 4 is 5.91 Å². The lowest BCUT2D eigenvalue weighted by atomic mass is 9.91. The summed E-state index contributed by atoms with van der Waals surface area (Å²) in [6.45, 7) is 1.69. The first-order chi connectivity index (χ1) is 7.65. The third-order valence-corrected chi connectivity index (χ3v) is 3.17. The molecule has 1 fully saturated rings. The first-order valence-electron chi connectivity index (χ1n) is 6.20. The smallest absolute Gasteiger partial charge is 0.224 e. The summed E-state index contributed by atoms with van der Waals surface area (Å²) in [4.78, 5) is 16.0. The molecule has 0 bridgehead atoms. The Morgan fingerprint density at radius 1 is 1.31 bits per heavy atom. The van der Waals surface area contributed by atoms with Gasteiger partial charge in [0.1, 0.15) is 0 Å². The Morgan fingerprint density at radius 3 is 2.44 bits per heavy atom. The Balaban J connectivity index is 2.37. The van der Waals surface area contributed by atoms with E-state index in [1.807, 2.05) is 23.9 Å². The van der Waals surface area contributed by atoms with Crippen LogP contribution in [0.4, 0.5) is 0 Å². The van der Waals surface area contributed by atoms with Crippen LogP contribution >= 0.6 is 0 Å². The van der Waals surface area contributed by atoms with E-state index in [0.717, 1.165) is 19.4 Å². The number of hydrogen-bond acceptors (Lipinski definition) is 3. The summed E-state index contributed by atoms with van der Waals surface area (Å²) in [6.07, 6.45) is 4.80. The van der Waals surface area contributed by atoms with Crippen molar-refractivity contribution in [1.82, 2.24) is 9.80 Å². The molecule has 1 aliphatic carbocycles. The molecule has 0 aliphatic heterocycles. The van der Waals surface area contributed by atoms with Crippen molar-refractivity contribution in [2.24, 2.45) is 0 Å². The van der Waals surface area contributed by atoms with E-state index in [-0.39, 0.29) is 12.5 Å². The predicted octanol–water partition coefficient (Wildman–Crippen LogP) is 0.702. The number of carbonyl (C=O) groups is 1. The number of amides is 1. The van der Waals surface area contributed by atoms with Crippen LogP contribution in [0.2, 0.25) is 0 Å². The number of nitrogens with zero attached hydrogens (tertiary/aromatic N) is 2. The number of hydrogen-bond donors (Lipinski definition) is 1. The summed E-state index contributed by atoms with van der Waals surface area (Å²) < 4.78 is 0. The Bertz CT molecular complexity index is 215. The minimum atomic E-state index is 0.171. The maximum atomic E-state index is 12.0. The summed E-state index contributed by atoms with van der Waals surface area (Å²) in [5.41, 5.74) is 0. The van der Waals surface area contributed by atoms with E-state index < -0.39 is 0 Å². The minimum Gasteiger partial charge on any atom is -0.396 e. The second-order valence-corrected chi connectivity index (χ2v) is 4.80.